The van der Waals surface area contributed by atoms with Crippen LogP contribution < -0.4 is 0 Å². The highest BCUT2D eigenvalue weighted by molar-refractivity contribution is 7.99. The Morgan fingerprint density at radius 2 is 2.10 bits per heavy atom. The van der Waals surface area contributed by atoms with Gasteiger partial charge >= 0.3 is 5.97 Å². The molecule has 20 heavy (non-hydrogen) atoms. The molecule has 2 heterocycles. The van der Waals surface area contributed by atoms with Gasteiger partial charge in [0.1, 0.15) is 11.3 Å². The second-order valence-electron chi connectivity index (χ2n) is 4.17. The highest BCUT2D eigenvalue weighted by Gasteiger charge is 2.22. The van der Waals surface area contributed by atoms with E-state index in [1.807, 2.05) is 13.8 Å². The third-order valence-electron chi connectivity index (χ3n) is 2.81. The predicted molar refractivity (Wildman–Crippen MR) is 73.1 cm³/mol. The maximum atomic E-state index is 11.5. The third kappa shape index (κ3) is 2.82. The first-order valence-electron chi connectivity index (χ1n) is 6.28. The van der Waals surface area contributed by atoms with Crippen molar-refractivity contribution >= 4 is 17.7 Å². The molecule has 0 aromatic carbocycles. The van der Waals surface area contributed by atoms with Gasteiger partial charge in [-0.15, -0.1) is 5.10 Å². The zero-order chi connectivity index (χ0) is 14.7. The Bertz CT molecular complexity index is 640. The van der Waals surface area contributed by atoms with Crippen LogP contribution in [0.5, 0.6) is 0 Å². The Balaban J connectivity index is 2.49. The van der Waals surface area contributed by atoms with Gasteiger partial charge in [-0.2, -0.15) is 5.10 Å². The van der Waals surface area contributed by atoms with Crippen molar-refractivity contribution in [2.45, 2.75) is 43.9 Å². The number of aromatic nitrogens is 3. The van der Waals surface area contributed by atoms with Crippen LogP contribution >= 0.6 is 11.8 Å². The molecule has 6 nitrogen and oxygen atoms in total. The fourth-order valence-electron chi connectivity index (χ4n) is 1.91. The quantitative estimate of drug-likeness (QED) is 0.906. The van der Waals surface area contributed by atoms with E-state index in [1.54, 1.807) is 6.92 Å². The molecule has 0 spiro atoms. The van der Waals surface area contributed by atoms with Crippen molar-refractivity contribution in [3.8, 4) is 0 Å². The van der Waals surface area contributed by atoms with Gasteiger partial charge in [0.05, 0.1) is 17.0 Å². The zero-order valence-corrected chi connectivity index (χ0v) is 12.3. The minimum Gasteiger partial charge on any atom is -0.478 e. The van der Waals surface area contributed by atoms with Crippen LogP contribution in [0.4, 0.5) is 0 Å². The minimum absolute atomic E-state index is 0.195. The normalized spacial score (nSPS) is 10.8. The van der Waals surface area contributed by atoms with Crippen molar-refractivity contribution < 1.29 is 14.3 Å². The second kappa shape index (κ2) is 6.04. The van der Waals surface area contributed by atoms with E-state index in [1.165, 1.54) is 6.26 Å². The van der Waals surface area contributed by atoms with E-state index in [0.29, 0.717) is 23.1 Å². The smallest absolute Gasteiger partial charge is 0.338 e. The Labute approximate surface area is 120 Å². The first-order chi connectivity index (χ1) is 9.56. The van der Waals surface area contributed by atoms with Gasteiger partial charge in [-0.3, -0.25) is 0 Å². The van der Waals surface area contributed by atoms with Crippen molar-refractivity contribution in [1.29, 1.82) is 0 Å². The molecule has 7 heteroatoms. The number of aromatic carboxylic acids is 1. The predicted octanol–water partition coefficient (Wildman–Crippen LogP) is 2.75. The van der Waals surface area contributed by atoms with Gasteiger partial charge in [-0.25, -0.2) is 9.78 Å². The van der Waals surface area contributed by atoms with E-state index in [0.717, 1.165) is 28.7 Å². The van der Waals surface area contributed by atoms with Crippen molar-refractivity contribution in [2.24, 2.45) is 0 Å². The second-order valence-corrected chi connectivity index (χ2v) is 5.11. The first-order valence-corrected chi connectivity index (χ1v) is 7.10. The molecule has 0 fully saturated rings. The summed E-state index contributed by atoms with van der Waals surface area (Å²) in [5.41, 5.74) is 2.37. The number of aryl methyl sites for hydroxylation is 2. The van der Waals surface area contributed by atoms with Crippen molar-refractivity contribution in [3.63, 3.8) is 0 Å². The van der Waals surface area contributed by atoms with Crippen LogP contribution in [0, 0.1) is 6.92 Å². The molecule has 0 bridgehead atoms. The average molecular weight is 293 g/mol. The highest BCUT2D eigenvalue weighted by Crippen LogP contribution is 2.30. The minimum atomic E-state index is -1.00. The van der Waals surface area contributed by atoms with E-state index in [4.69, 9.17) is 4.42 Å². The summed E-state index contributed by atoms with van der Waals surface area (Å²) in [5.74, 6) is -1.00. The number of nitrogens with zero attached hydrogens (tertiary/aromatic N) is 3. The summed E-state index contributed by atoms with van der Waals surface area (Å²) >= 11 is 1.08. The molecule has 2 aromatic heterocycles. The van der Waals surface area contributed by atoms with Crippen LogP contribution in [0.3, 0.4) is 0 Å². The van der Waals surface area contributed by atoms with E-state index in [9.17, 15) is 9.90 Å². The van der Waals surface area contributed by atoms with Crippen molar-refractivity contribution in [1.82, 2.24) is 15.2 Å². The van der Waals surface area contributed by atoms with Gasteiger partial charge in [0.15, 0.2) is 0 Å². The standard InChI is InChI=1S/C13H15N3O3S/c1-4-8-9(5-2)15-16-11(10(8)12(17)18)20-13-14-7(3)6-19-13/h6H,4-5H2,1-3H3,(H,17,18). The van der Waals surface area contributed by atoms with Gasteiger partial charge in [0.25, 0.3) is 5.22 Å². The van der Waals surface area contributed by atoms with E-state index in [-0.39, 0.29) is 5.56 Å². The zero-order valence-electron chi connectivity index (χ0n) is 11.5. The molecule has 0 atom stereocenters. The van der Waals surface area contributed by atoms with Crippen LogP contribution in [-0.2, 0) is 12.8 Å². The molecule has 0 radical (unpaired) electrons. The molecule has 0 aliphatic heterocycles. The molecule has 1 N–H and O–H groups in total. The molecule has 0 saturated heterocycles. The SMILES string of the molecule is CCc1nnc(Sc2nc(C)co2)c(C(=O)O)c1CC. The lowest BCUT2D eigenvalue weighted by Crippen LogP contribution is -2.11. The van der Waals surface area contributed by atoms with Crippen LogP contribution in [-0.4, -0.2) is 26.3 Å². The van der Waals surface area contributed by atoms with Crippen LogP contribution in [0.25, 0.3) is 0 Å². The Morgan fingerprint density at radius 1 is 1.35 bits per heavy atom. The molecule has 0 saturated carbocycles. The summed E-state index contributed by atoms with van der Waals surface area (Å²) in [7, 11) is 0. The summed E-state index contributed by atoms with van der Waals surface area (Å²) in [6.07, 6.45) is 2.76. The average Bonchev–Trinajstić information content (AvgIpc) is 2.83. The number of hydrogen-bond donors (Lipinski definition) is 1. The summed E-state index contributed by atoms with van der Waals surface area (Å²) in [6, 6.07) is 0. The fraction of sp³-hybridized carbons (Fsp3) is 0.385. The molecule has 0 aliphatic rings. The lowest BCUT2D eigenvalue weighted by molar-refractivity contribution is 0.0690. The van der Waals surface area contributed by atoms with Gasteiger partial charge in [-0.05, 0) is 37.1 Å². The van der Waals surface area contributed by atoms with Gasteiger partial charge in [0, 0.05) is 0 Å². The van der Waals surface area contributed by atoms with Gasteiger partial charge in [0.2, 0.25) is 0 Å². The van der Waals surface area contributed by atoms with Crippen LogP contribution in [0.2, 0.25) is 0 Å². The number of carboxylic acids is 1. The summed E-state index contributed by atoms with van der Waals surface area (Å²) < 4.78 is 5.22. The lowest BCUT2D eigenvalue weighted by atomic mass is 10.0. The van der Waals surface area contributed by atoms with E-state index < -0.39 is 5.97 Å². The van der Waals surface area contributed by atoms with Gasteiger partial charge in [-0.1, -0.05) is 13.8 Å². The van der Waals surface area contributed by atoms with E-state index >= 15 is 0 Å². The van der Waals surface area contributed by atoms with Crippen LogP contribution in [0.1, 0.15) is 41.2 Å². The van der Waals surface area contributed by atoms with Crippen molar-refractivity contribution in [2.75, 3.05) is 0 Å². The summed E-state index contributed by atoms with van der Waals surface area (Å²) in [5, 5.41) is 18.3. The monoisotopic (exact) mass is 293 g/mol. The molecule has 2 rings (SSSR count). The number of hydrogen-bond acceptors (Lipinski definition) is 6. The molecule has 0 amide bonds. The van der Waals surface area contributed by atoms with Crippen LogP contribution in [0.15, 0.2) is 20.9 Å². The number of carbonyl (C=O) groups is 1. The summed E-state index contributed by atoms with van der Waals surface area (Å²) in [4.78, 5) is 15.7. The lowest BCUT2D eigenvalue weighted by Gasteiger charge is -2.10. The fourth-order valence-corrected chi connectivity index (χ4v) is 2.75. The number of oxazole rings is 1. The number of carboxylic acid groups (broad SMARTS) is 1. The van der Waals surface area contributed by atoms with Gasteiger partial charge < -0.3 is 9.52 Å². The molecule has 0 aliphatic carbocycles. The molecule has 2 aromatic rings. The highest BCUT2D eigenvalue weighted by atomic mass is 32.2. The summed E-state index contributed by atoms with van der Waals surface area (Å²) in [6.45, 7) is 5.64. The Kier molecular flexibility index (Phi) is 4.39. The maximum absolute atomic E-state index is 11.5. The molecular formula is C13H15N3O3S. The van der Waals surface area contributed by atoms with E-state index in [2.05, 4.69) is 15.2 Å². The largest absolute Gasteiger partial charge is 0.478 e. The molecule has 0 unspecified atom stereocenters. The topological polar surface area (TPSA) is 89.1 Å². The molecular weight excluding hydrogens is 278 g/mol. The Morgan fingerprint density at radius 3 is 2.60 bits per heavy atom. The van der Waals surface area contributed by atoms with Crippen molar-refractivity contribution in [3.05, 3.63) is 28.8 Å². The third-order valence-corrected chi connectivity index (χ3v) is 3.65. The number of rotatable bonds is 5. The maximum Gasteiger partial charge on any atom is 0.338 e. The first kappa shape index (κ1) is 14.5. The Hall–Kier alpha value is -1.89. The molecule has 106 valence electrons.